The van der Waals surface area contributed by atoms with Crippen molar-refractivity contribution < 1.29 is 4.39 Å². The Morgan fingerprint density at radius 1 is 1.17 bits per heavy atom. The van der Waals surface area contributed by atoms with Crippen molar-refractivity contribution in [1.82, 2.24) is 9.97 Å². The fourth-order valence-electron chi connectivity index (χ4n) is 1.34. The van der Waals surface area contributed by atoms with Gasteiger partial charge in [0.1, 0.15) is 17.5 Å². The molecule has 0 spiro atoms. The van der Waals surface area contributed by atoms with Gasteiger partial charge in [-0.1, -0.05) is 15.9 Å². The highest BCUT2D eigenvalue weighted by Crippen LogP contribution is 2.24. The lowest BCUT2D eigenvalue weighted by atomic mass is 10.3. The molecule has 0 aliphatic rings. The fraction of sp³-hybridized carbons (Fsp3) is 0. The minimum Gasteiger partial charge on any atom is -0.368 e. The van der Waals surface area contributed by atoms with E-state index in [0.717, 1.165) is 4.47 Å². The number of hydrogen-bond acceptors (Lipinski definition) is 6. The monoisotopic (exact) mass is 312 g/mol. The number of hydrazine groups is 1. The summed E-state index contributed by atoms with van der Waals surface area (Å²) in [4.78, 5) is 7.75. The Hall–Kier alpha value is -1.93. The number of nitrogens with one attached hydrogen (secondary N) is 2. The van der Waals surface area contributed by atoms with E-state index in [2.05, 4.69) is 36.6 Å². The van der Waals surface area contributed by atoms with Gasteiger partial charge >= 0.3 is 0 Å². The molecule has 0 radical (unpaired) electrons. The Balaban J connectivity index is 2.33. The third-order valence-electron chi connectivity index (χ3n) is 2.08. The SMILES string of the molecule is NNc1cc(Nc2cc(Br)ccc2F)nc(N)n1. The van der Waals surface area contributed by atoms with Gasteiger partial charge in [-0.05, 0) is 18.2 Å². The number of benzene rings is 1. The van der Waals surface area contributed by atoms with Crippen molar-refractivity contribution in [2.24, 2.45) is 5.84 Å². The highest BCUT2D eigenvalue weighted by molar-refractivity contribution is 9.10. The van der Waals surface area contributed by atoms with Crippen LogP contribution in [0.25, 0.3) is 0 Å². The summed E-state index contributed by atoms with van der Waals surface area (Å²) in [7, 11) is 0. The summed E-state index contributed by atoms with van der Waals surface area (Å²) in [6, 6.07) is 6.03. The molecular weight excluding hydrogens is 303 g/mol. The number of aromatic nitrogens is 2. The van der Waals surface area contributed by atoms with Crippen LogP contribution in [-0.4, -0.2) is 9.97 Å². The molecule has 0 atom stereocenters. The number of anilines is 4. The molecule has 0 amide bonds. The Kier molecular flexibility index (Phi) is 3.58. The van der Waals surface area contributed by atoms with Crippen molar-refractivity contribution in [3.63, 3.8) is 0 Å². The smallest absolute Gasteiger partial charge is 0.223 e. The Bertz CT molecular complexity index is 576. The van der Waals surface area contributed by atoms with Crippen LogP contribution in [0.1, 0.15) is 0 Å². The van der Waals surface area contributed by atoms with Crippen molar-refractivity contribution >= 4 is 39.2 Å². The molecule has 0 aliphatic carbocycles. The Labute approximate surface area is 111 Å². The Morgan fingerprint density at radius 3 is 2.61 bits per heavy atom. The van der Waals surface area contributed by atoms with Crippen LogP contribution in [0, 0.1) is 5.82 Å². The second-order valence-corrected chi connectivity index (χ2v) is 4.31. The standard InChI is InChI=1S/C10H10BrFN6/c11-5-1-2-6(12)7(3-5)15-8-4-9(18-14)17-10(13)16-8/h1-4H,14H2,(H4,13,15,16,17,18). The lowest BCUT2D eigenvalue weighted by Gasteiger charge is -2.09. The first-order valence-electron chi connectivity index (χ1n) is 4.92. The molecule has 18 heavy (non-hydrogen) atoms. The third-order valence-corrected chi connectivity index (χ3v) is 2.58. The highest BCUT2D eigenvalue weighted by atomic mass is 79.9. The van der Waals surface area contributed by atoms with E-state index < -0.39 is 5.82 Å². The molecule has 0 unspecified atom stereocenters. The van der Waals surface area contributed by atoms with Crippen molar-refractivity contribution in [2.75, 3.05) is 16.5 Å². The molecule has 2 rings (SSSR count). The predicted molar refractivity (Wildman–Crippen MR) is 71.6 cm³/mol. The molecule has 1 heterocycles. The largest absolute Gasteiger partial charge is 0.368 e. The molecule has 6 nitrogen and oxygen atoms in total. The summed E-state index contributed by atoms with van der Waals surface area (Å²) < 4.78 is 14.3. The maximum atomic E-state index is 13.5. The quantitative estimate of drug-likeness (QED) is 0.510. The maximum absolute atomic E-state index is 13.5. The van der Waals surface area contributed by atoms with E-state index in [1.165, 1.54) is 12.1 Å². The van der Waals surface area contributed by atoms with Gasteiger partial charge in [-0.2, -0.15) is 9.97 Å². The van der Waals surface area contributed by atoms with E-state index in [0.29, 0.717) is 11.6 Å². The molecule has 0 fully saturated rings. The number of nitrogen functional groups attached to an aromatic ring is 2. The van der Waals surface area contributed by atoms with Gasteiger partial charge in [0.15, 0.2) is 0 Å². The highest BCUT2D eigenvalue weighted by Gasteiger charge is 2.06. The van der Waals surface area contributed by atoms with Gasteiger partial charge < -0.3 is 16.5 Å². The summed E-state index contributed by atoms with van der Waals surface area (Å²) in [5.41, 5.74) is 8.11. The molecule has 94 valence electrons. The van der Waals surface area contributed by atoms with Gasteiger partial charge in [0.2, 0.25) is 5.95 Å². The predicted octanol–water partition coefficient (Wildman–Crippen LogP) is 1.99. The van der Waals surface area contributed by atoms with Gasteiger partial charge in [0.05, 0.1) is 5.69 Å². The zero-order chi connectivity index (χ0) is 13.1. The first-order valence-corrected chi connectivity index (χ1v) is 5.71. The van der Waals surface area contributed by atoms with Crippen LogP contribution in [0.5, 0.6) is 0 Å². The average molecular weight is 313 g/mol. The van der Waals surface area contributed by atoms with Gasteiger partial charge in [-0.25, -0.2) is 10.2 Å². The van der Waals surface area contributed by atoms with E-state index in [1.54, 1.807) is 12.1 Å². The first kappa shape index (κ1) is 12.5. The van der Waals surface area contributed by atoms with Crippen LogP contribution >= 0.6 is 15.9 Å². The van der Waals surface area contributed by atoms with Crippen molar-refractivity contribution in [1.29, 1.82) is 0 Å². The van der Waals surface area contributed by atoms with E-state index in [9.17, 15) is 4.39 Å². The van der Waals surface area contributed by atoms with Crippen LogP contribution in [0.2, 0.25) is 0 Å². The molecule has 1 aromatic heterocycles. The summed E-state index contributed by atoms with van der Waals surface area (Å²) in [6.07, 6.45) is 0. The van der Waals surface area contributed by atoms with E-state index >= 15 is 0 Å². The van der Waals surface area contributed by atoms with E-state index in [4.69, 9.17) is 11.6 Å². The van der Waals surface area contributed by atoms with Crippen LogP contribution in [-0.2, 0) is 0 Å². The molecule has 1 aromatic carbocycles. The second-order valence-electron chi connectivity index (χ2n) is 3.39. The van der Waals surface area contributed by atoms with Crippen molar-refractivity contribution in [3.05, 3.63) is 34.6 Å². The lowest BCUT2D eigenvalue weighted by Crippen LogP contribution is -2.11. The molecule has 0 saturated heterocycles. The zero-order valence-electron chi connectivity index (χ0n) is 9.11. The van der Waals surface area contributed by atoms with Gasteiger partial charge in [0, 0.05) is 10.5 Å². The average Bonchev–Trinajstić information content (AvgIpc) is 2.33. The number of nitrogens with two attached hydrogens (primary N) is 2. The molecule has 0 saturated carbocycles. The summed E-state index contributed by atoms with van der Waals surface area (Å²) in [6.45, 7) is 0. The number of nitrogens with zero attached hydrogens (tertiary/aromatic N) is 2. The van der Waals surface area contributed by atoms with Crippen LogP contribution in [0.4, 0.5) is 27.7 Å². The minimum absolute atomic E-state index is 0.0309. The number of halogens is 2. The lowest BCUT2D eigenvalue weighted by molar-refractivity contribution is 0.631. The zero-order valence-corrected chi connectivity index (χ0v) is 10.7. The van der Waals surface area contributed by atoms with Crippen molar-refractivity contribution in [3.8, 4) is 0 Å². The second kappa shape index (κ2) is 5.15. The summed E-state index contributed by atoms with van der Waals surface area (Å²) >= 11 is 3.26. The maximum Gasteiger partial charge on any atom is 0.223 e. The van der Waals surface area contributed by atoms with E-state index in [-0.39, 0.29) is 11.6 Å². The molecule has 2 aromatic rings. The molecule has 0 bridgehead atoms. The van der Waals surface area contributed by atoms with Crippen LogP contribution in [0.3, 0.4) is 0 Å². The third kappa shape index (κ3) is 2.84. The number of rotatable bonds is 3. The summed E-state index contributed by atoms with van der Waals surface area (Å²) in [5, 5.41) is 2.80. The van der Waals surface area contributed by atoms with E-state index in [1.807, 2.05) is 0 Å². The Morgan fingerprint density at radius 2 is 1.89 bits per heavy atom. The van der Waals surface area contributed by atoms with Crippen LogP contribution < -0.4 is 22.3 Å². The summed E-state index contributed by atoms with van der Waals surface area (Å²) in [5.74, 6) is 5.53. The molecule has 0 aliphatic heterocycles. The molecular formula is C10H10BrFN6. The van der Waals surface area contributed by atoms with Crippen LogP contribution in [0.15, 0.2) is 28.7 Å². The normalized spacial score (nSPS) is 10.2. The molecule has 8 heteroatoms. The minimum atomic E-state index is -0.405. The number of hydrogen-bond donors (Lipinski definition) is 4. The topological polar surface area (TPSA) is 102 Å². The first-order chi connectivity index (χ1) is 8.58. The molecule has 6 N–H and O–H groups in total. The van der Waals surface area contributed by atoms with Gasteiger partial charge in [-0.3, -0.25) is 0 Å². The van der Waals surface area contributed by atoms with Crippen molar-refractivity contribution in [2.45, 2.75) is 0 Å². The van der Waals surface area contributed by atoms with Gasteiger partial charge in [0.25, 0.3) is 0 Å². The fourth-order valence-corrected chi connectivity index (χ4v) is 1.70. The van der Waals surface area contributed by atoms with Gasteiger partial charge in [-0.15, -0.1) is 0 Å².